The van der Waals surface area contributed by atoms with Gasteiger partial charge >= 0.3 is 6.09 Å². The van der Waals surface area contributed by atoms with Crippen LogP contribution in [0.1, 0.15) is 11.5 Å². The lowest BCUT2D eigenvalue weighted by molar-refractivity contribution is 0.170. The van der Waals surface area contributed by atoms with Crippen molar-refractivity contribution in [2.45, 2.75) is 13.5 Å². The van der Waals surface area contributed by atoms with Crippen LogP contribution in [0.3, 0.4) is 0 Å². The van der Waals surface area contributed by atoms with E-state index in [-0.39, 0.29) is 0 Å². The molecule has 13 heavy (non-hydrogen) atoms. The van der Waals surface area contributed by atoms with Crippen molar-refractivity contribution >= 4 is 6.09 Å². The number of nitrogens with zero attached hydrogens (tertiary/aromatic N) is 2. The second kappa shape index (κ2) is 4.39. The predicted octanol–water partition coefficient (Wildman–Crippen LogP) is 0.641. The van der Waals surface area contributed by atoms with E-state index in [0.717, 1.165) is 5.69 Å². The van der Waals surface area contributed by atoms with Crippen LogP contribution in [-0.2, 0) is 11.3 Å². The molecular weight excluding hydrogens is 170 g/mol. The van der Waals surface area contributed by atoms with Crippen molar-refractivity contribution in [3.05, 3.63) is 23.8 Å². The molecule has 0 fully saturated rings. The van der Waals surface area contributed by atoms with Gasteiger partial charge in [0.05, 0.1) is 19.3 Å². The molecular formula is C8H11N3O2. The summed E-state index contributed by atoms with van der Waals surface area (Å²) in [6, 6.07) is 1.74. The van der Waals surface area contributed by atoms with Crippen LogP contribution in [0.15, 0.2) is 12.3 Å². The summed E-state index contributed by atoms with van der Waals surface area (Å²) >= 11 is 0. The Morgan fingerprint density at radius 2 is 2.46 bits per heavy atom. The van der Waals surface area contributed by atoms with E-state index in [4.69, 9.17) is 0 Å². The molecule has 1 aromatic rings. The first-order valence-electron chi connectivity index (χ1n) is 3.82. The van der Waals surface area contributed by atoms with Gasteiger partial charge in [-0.15, -0.1) is 0 Å². The molecule has 0 saturated heterocycles. The lowest BCUT2D eigenvalue weighted by atomic mass is 10.4. The van der Waals surface area contributed by atoms with Crippen molar-refractivity contribution in [1.29, 1.82) is 0 Å². The normalized spacial score (nSPS) is 9.38. The molecule has 1 aromatic heterocycles. The predicted molar refractivity (Wildman–Crippen MR) is 46.0 cm³/mol. The Hall–Kier alpha value is -1.65. The average Bonchev–Trinajstić information content (AvgIpc) is 2.14. The second-order valence-electron chi connectivity index (χ2n) is 2.44. The lowest BCUT2D eigenvalue weighted by Crippen LogP contribution is -2.22. The van der Waals surface area contributed by atoms with E-state index in [0.29, 0.717) is 12.4 Å². The van der Waals surface area contributed by atoms with E-state index in [1.165, 1.54) is 7.11 Å². The van der Waals surface area contributed by atoms with Gasteiger partial charge in [0.1, 0.15) is 5.82 Å². The SMILES string of the molecule is COC(=O)NCc1ccnc(C)n1. The molecule has 0 aliphatic carbocycles. The van der Waals surface area contributed by atoms with Crippen molar-refractivity contribution in [3.8, 4) is 0 Å². The molecule has 0 radical (unpaired) electrons. The Morgan fingerprint density at radius 1 is 1.69 bits per heavy atom. The molecule has 0 bridgehead atoms. The fourth-order valence-electron chi connectivity index (χ4n) is 0.838. The molecule has 1 amide bonds. The monoisotopic (exact) mass is 181 g/mol. The highest BCUT2D eigenvalue weighted by Gasteiger charge is 1.99. The summed E-state index contributed by atoms with van der Waals surface area (Å²) in [5, 5.41) is 2.52. The number of hydrogen-bond donors (Lipinski definition) is 1. The molecule has 0 saturated carbocycles. The van der Waals surface area contributed by atoms with E-state index >= 15 is 0 Å². The van der Waals surface area contributed by atoms with Crippen LogP contribution in [0.4, 0.5) is 4.79 Å². The smallest absolute Gasteiger partial charge is 0.407 e. The van der Waals surface area contributed by atoms with Gasteiger partial charge in [0.15, 0.2) is 0 Å². The number of amides is 1. The summed E-state index contributed by atoms with van der Waals surface area (Å²) in [6.45, 7) is 2.15. The highest BCUT2D eigenvalue weighted by Crippen LogP contribution is 1.93. The van der Waals surface area contributed by atoms with Crippen LogP contribution < -0.4 is 5.32 Å². The second-order valence-corrected chi connectivity index (χ2v) is 2.44. The van der Waals surface area contributed by atoms with Gasteiger partial charge < -0.3 is 10.1 Å². The van der Waals surface area contributed by atoms with Gasteiger partial charge in [-0.2, -0.15) is 0 Å². The molecule has 1 rings (SSSR count). The van der Waals surface area contributed by atoms with Crippen LogP contribution in [0.2, 0.25) is 0 Å². The molecule has 0 aliphatic heterocycles. The highest BCUT2D eigenvalue weighted by atomic mass is 16.5. The minimum absolute atomic E-state index is 0.357. The zero-order valence-corrected chi connectivity index (χ0v) is 7.57. The molecule has 5 nitrogen and oxygen atoms in total. The summed E-state index contributed by atoms with van der Waals surface area (Å²) in [7, 11) is 1.32. The van der Waals surface area contributed by atoms with Gasteiger partial charge in [0.2, 0.25) is 0 Å². The van der Waals surface area contributed by atoms with Crippen LogP contribution >= 0.6 is 0 Å². The zero-order valence-electron chi connectivity index (χ0n) is 7.57. The topological polar surface area (TPSA) is 64.1 Å². The third-order valence-electron chi connectivity index (χ3n) is 1.43. The first kappa shape index (κ1) is 9.44. The zero-order chi connectivity index (χ0) is 9.68. The van der Waals surface area contributed by atoms with Crippen LogP contribution in [0.5, 0.6) is 0 Å². The molecule has 5 heteroatoms. The number of methoxy groups -OCH3 is 1. The van der Waals surface area contributed by atoms with E-state index in [9.17, 15) is 4.79 Å². The summed E-state index contributed by atoms with van der Waals surface area (Å²) in [6.07, 6.45) is 1.19. The Balaban J connectivity index is 2.50. The van der Waals surface area contributed by atoms with E-state index in [2.05, 4.69) is 20.0 Å². The van der Waals surface area contributed by atoms with Crippen LogP contribution in [0, 0.1) is 6.92 Å². The average molecular weight is 181 g/mol. The standard InChI is InChI=1S/C8H11N3O2/c1-6-9-4-3-7(11-6)5-10-8(12)13-2/h3-4H,5H2,1-2H3,(H,10,12). The molecule has 1 heterocycles. The Bertz CT molecular complexity index is 301. The summed E-state index contributed by atoms with van der Waals surface area (Å²) in [4.78, 5) is 18.7. The number of nitrogens with one attached hydrogen (secondary N) is 1. The fourth-order valence-corrected chi connectivity index (χ4v) is 0.838. The largest absolute Gasteiger partial charge is 0.453 e. The maximum absolute atomic E-state index is 10.7. The fraction of sp³-hybridized carbons (Fsp3) is 0.375. The summed E-state index contributed by atoms with van der Waals surface area (Å²) in [5.41, 5.74) is 0.762. The molecule has 70 valence electrons. The van der Waals surface area contributed by atoms with Gasteiger partial charge in [-0.05, 0) is 13.0 Å². The van der Waals surface area contributed by atoms with Gasteiger partial charge in [0, 0.05) is 6.20 Å². The minimum Gasteiger partial charge on any atom is -0.453 e. The third-order valence-corrected chi connectivity index (χ3v) is 1.43. The number of carbonyl (C=O) groups excluding carboxylic acids is 1. The van der Waals surface area contributed by atoms with E-state index in [1.54, 1.807) is 19.2 Å². The number of rotatable bonds is 2. The number of ether oxygens (including phenoxy) is 1. The number of hydrogen-bond acceptors (Lipinski definition) is 4. The number of carbonyl (C=O) groups is 1. The maximum Gasteiger partial charge on any atom is 0.407 e. The highest BCUT2D eigenvalue weighted by molar-refractivity contribution is 5.66. The number of alkyl carbamates (subject to hydrolysis) is 1. The van der Waals surface area contributed by atoms with Crippen molar-refractivity contribution in [3.63, 3.8) is 0 Å². The van der Waals surface area contributed by atoms with Crippen LogP contribution in [0.25, 0.3) is 0 Å². The maximum atomic E-state index is 10.7. The van der Waals surface area contributed by atoms with Crippen molar-refractivity contribution in [2.75, 3.05) is 7.11 Å². The minimum atomic E-state index is -0.462. The summed E-state index contributed by atoms with van der Waals surface area (Å²) < 4.78 is 4.41. The van der Waals surface area contributed by atoms with Gasteiger partial charge in [-0.25, -0.2) is 14.8 Å². The first-order chi connectivity index (χ1) is 6.22. The molecule has 1 N–H and O–H groups in total. The molecule has 0 aliphatic rings. The van der Waals surface area contributed by atoms with E-state index in [1.807, 2.05) is 0 Å². The molecule has 0 atom stereocenters. The Labute approximate surface area is 76.2 Å². The van der Waals surface area contributed by atoms with Crippen molar-refractivity contribution in [1.82, 2.24) is 15.3 Å². The molecule has 0 spiro atoms. The van der Waals surface area contributed by atoms with Crippen LogP contribution in [-0.4, -0.2) is 23.2 Å². The third kappa shape index (κ3) is 3.06. The Kier molecular flexibility index (Phi) is 3.19. The Morgan fingerprint density at radius 3 is 3.08 bits per heavy atom. The lowest BCUT2D eigenvalue weighted by Gasteiger charge is -2.02. The first-order valence-corrected chi connectivity index (χ1v) is 3.82. The summed E-state index contributed by atoms with van der Waals surface area (Å²) in [5.74, 6) is 0.684. The number of aryl methyl sites for hydroxylation is 1. The van der Waals surface area contributed by atoms with Gasteiger partial charge in [-0.1, -0.05) is 0 Å². The molecule has 0 unspecified atom stereocenters. The van der Waals surface area contributed by atoms with Gasteiger partial charge in [-0.3, -0.25) is 0 Å². The van der Waals surface area contributed by atoms with Crippen molar-refractivity contribution in [2.24, 2.45) is 0 Å². The number of aromatic nitrogens is 2. The molecule has 0 aromatic carbocycles. The van der Waals surface area contributed by atoms with E-state index < -0.39 is 6.09 Å². The van der Waals surface area contributed by atoms with Gasteiger partial charge in [0.25, 0.3) is 0 Å². The van der Waals surface area contributed by atoms with Crippen molar-refractivity contribution < 1.29 is 9.53 Å². The quantitative estimate of drug-likeness (QED) is 0.727.